The molecule has 0 saturated heterocycles. The average Bonchev–Trinajstić information content (AvgIpc) is 2.15. The fourth-order valence-corrected chi connectivity index (χ4v) is 0.983. The van der Waals surface area contributed by atoms with Gasteiger partial charge in [0.1, 0.15) is 0 Å². The number of hydrogen-bond donors (Lipinski definition) is 0. The molecule has 0 aromatic rings. The Labute approximate surface area is 48.4 Å². The van der Waals surface area contributed by atoms with Gasteiger partial charge >= 0.3 is 0 Å². The summed E-state index contributed by atoms with van der Waals surface area (Å²) in [6.45, 7) is 0.891. The van der Waals surface area contributed by atoms with Crippen LogP contribution in [0.2, 0.25) is 0 Å². The Morgan fingerprint density at radius 3 is 3.38 bits per heavy atom. The van der Waals surface area contributed by atoms with E-state index in [4.69, 9.17) is 0 Å². The molecule has 1 aliphatic heterocycles. The Bertz CT molecular complexity index is 196. The Morgan fingerprint density at radius 1 is 1.50 bits per heavy atom. The van der Waals surface area contributed by atoms with Gasteiger partial charge in [-0.3, -0.25) is 5.32 Å². The van der Waals surface area contributed by atoms with Crippen LogP contribution in [0.4, 0.5) is 0 Å². The van der Waals surface area contributed by atoms with Gasteiger partial charge in [-0.05, 0) is 11.1 Å². The van der Waals surface area contributed by atoms with E-state index in [1.807, 2.05) is 6.20 Å². The quantitative estimate of drug-likeness (QED) is 0.435. The normalized spacial score (nSPS) is 22.0. The van der Waals surface area contributed by atoms with Crippen LogP contribution in [-0.2, 0) is 0 Å². The van der Waals surface area contributed by atoms with Crippen LogP contribution in [-0.4, -0.2) is 6.54 Å². The number of hydrogen-bond acceptors (Lipinski definition) is 0. The topological polar surface area (TPSA) is 14.1 Å². The maximum atomic E-state index is 4.09. The van der Waals surface area contributed by atoms with Crippen molar-refractivity contribution in [1.82, 2.24) is 5.32 Å². The van der Waals surface area contributed by atoms with Crippen molar-refractivity contribution in [2.45, 2.75) is 0 Å². The molecule has 1 nitrogen and oxygen atoms in total. The summed E-state index contributed by atoms with van der Waals surface area (Å²) in [6, 6.07) is 0. The third-order valence-corrected chi connectivity index (χ3v) is 1.44. The monoisotopic (exact) mass is 104 g/mol. The van der Waals surface area contributed by atoms with Gasteiger partial charge < -0.3 is 0 Å². The van der Waals surface area contributed by atoms with E-state index in [1.165, 1.54) is 11.1 Å². The first kappa shape index (κ1) is 3.96. The highest BCUT2D eigenvalue weighted by atomic mass is 14.9. The van der Waals surface area contributed by atoms with E-state index >= 15 is 0 Å². The second kappa shape index (κ2) is 1.25. The van der Waals surface area contributed by atoms with Crippen molar-refractivity contribution in [1.29, 1.82) is 0 Å². The summed E-state index contributed by atoms with van der Waals surface area (Å²) in [5.74, 6) is 0. The lowest BCUT2D eigenvalue weighted by molar-refractivity contribution is 0.986. The molecule has 1 radical (unpaired) electrons. The zero-order valence-electron chi connectivity index (χ0n) is 4.46. The van der Waals surface area contributed by atoms with Crippen LogP contribution in [0.1, 0.15) is 0 Å². The first-order valence-electron chi connectivity index (χ1n) is 2.71. The maximum absolute atomic E-state index is 4.09. The lowest BCUT2D eigenvalue weighted by Gasteiger charge is -1.86. The highest BCUT2D eigenvalue weighted by Crippen LogP contribution is 2.20. The second-order valence-electron chi connectivity index (χ2n) is 1.98. The summed E-state index contributed by atoms with van der Waals surface area (Å²) >= 11 is 0. The molecule has 0 unspecified atom stereocenters. The molecule has 0 atom stereocenters. The van der Waals surface area contributed by atoms with Crippen molar-refractivity contribution >= 4 is 0 Å². The van der Waals surface area contributed by atoms with Gasteiger partial charge in [-0.15, -0.1) is 0 Å². The largest absolute Gasteiger partial charge is 0.288 e. The van der Waals surface area contributed by atoms with Crippen LogP contribution in [0.5, 0.6) is 0 Å². The molecule has 0 aromatic heterocycles. The molecule has 2 rings (SSSR count). The van der Waals surface area contributed by atoms with Crippen LogP contribution in [0.25, 0.3) is 0 Å². The first-order valence-corrected chi connectivity index (χ1v) is 2.71. The van der Waals surface area contributed by atoms with Crippen molar-refractivity contribution < 1.29 is 0 Å². The molecule has 39 valence electrons. The van der Waals surface area contributed by atoms with Crippen LogP contribution in [0.15, 0.2) is 35.6 Å². The molecule has 0 bridgehead atoms. The van der Waals surface area contributed by atoms with Gasteiger partial charge in [-0.1, -0.05) is 18.2 Å². The van der Waals surface area contributed by atoms with Crippen molar-refractivity contribution in [3.05, 3.63) is 35.6 Å². The Morgan fingerprint density at radius 2 is 2.50 bits per heavy atom. The number of nitrogens with zero attached hydrogens (tertiary/aromatic N) is 1. The molecule has 0 fully saturated rings. The van der Waals surface area contributed by atoms with Crippen molar-refractivity contribution in [2.24, 2.45) is 0 Å². The third kappa shape index (κ3) is 0.360. The molecule has 0 saturated carbocycles. The summed E-state index contributed by atoms with van der Waals surface area (Å²) in [6.07, 6.45) is 8.19. The van der Waals surface area contributed by atoms with E-state index < -0.39 is 0 Å². The van der Waals surface area contributed by atoms with Gasteiger partial charge in [0.05, 0.1) is 6.54 Å². The van der Waals surface area contributed by atoms with E-state index in [2.05, 4.69) is 23.5 Å². The summed E-state index contributed by atoms with van der Waals surface area (Å²) in [4.78, 5) is 0. The molecule has 1 heteroatoms. The fraction of sp³-hybridized carbons (Fsp3) is 0.143. The smallest absolute Gasteiger partial charge is 0.0646 e. The standard InChI is InChI=1S/C7H6N/c1-2-6-4-8-5-7(6)3-1/h1-4H,5H2. The predicted molar refractivity (Wildman–Crippen MR) is 32.3 cm³/mol. The minimum absolute atomic E-state index is 0.891. The lowest BCUT2D eigenvalue weighted by atomic mass is 10.2. The molecule has 8 heavy (non-hydrogen) atoms. The zero-order chi connectivity index (χ0) is 5.40. The van der Waals surface area contributed by atoms with Gasteiger partial charge in [0.2, 0.25) is 0 Å². The molecule has 0 amide bonds. The van der Waals surface area contributed by atoms with E-state index in [9.17, 15) is 0 Å². The summed E-state index contributed by atoms with van der Waals surface area (Å²) in [5, 5.41) is 4.09. The van der Waals surface area contributed by atoms with Crippen LogP contribution >= 0.6 is 0 Å². The number of allylic oxidation sites excluding steroid dienone is 3. The first-order chi connectivity index (χ1) is 3.97. The van der Waals surface area contributed by atoms with E-state index in [1.54, 1.807) is 0 Å². The predicted octanol–water partition coefficient (Wildman–Crippen LogP) is 0.984. The Balaban J connectivity index is 2.49. The van der Waals surface area contributed by atoms with Gasteiger partial charge in [-0.2, -0.15) is 0 Å². The molecular formula is C7H6N. The molecule has 0 spiro atoms. The van der Waals surface area contributed by atoms with Crippen LogP contribution < -0.4 is 5.32 Å². The lowest BCUT2D eigenvalue weighted by Crippen LogP contribution is -1.90. The molecule has 2 aliphatic rings. The van der Waals surface area contributed by atoms with Crippen LogP contribution in [0.3, 0.4) is 0 Å². The van der Waals surface area contributed by atoms with Crippen molar-refractivity contribution in [3.63, 3.8) is 0 Å². The maximum Gasteiger partial charge on any atom is 0.0646 e. The summed E-state index contributed by atoms with van der Waals surface area (Å²) in [7, 11) is 0. The average molecular weight is 104 g/mol. The molecule has 1 heterocycles. The van der Waals surface area contributed by atoms with Crippen molar-refractivity contribution in [2.75, 3.05) is 6.54 Å². The zero-order valence-corrected chi connectivity index (χ0v) is 4.46. The minimum atomic E-state index is 0.891. The highest BCUT2D eigenvalue weighted by Gasteiger charge is 2.10. The summed E-state index contributed by atoms with van der Waals surface area (Å²) in [5.41, 5.74) is 2.66. The van der Waals surface area contributed by atoms with E-state index in [0.29, 0.717) is 0 Å². The molecular weight excluding hydrogens is 98.1 g/mol. The van der Waals surface area contributed by atoms with Crippen molar-refractivity contribution in [3.8, 4) is 0 Å². The van der Waals surface area contributed by atoms with Gasteiger partial charge in [0, 0.05) is 6.20 Å². The van der Waals surface area contributed by atoms with Gasteiger partial charge in [0.25, 0.3) is 0 Å². The van der Waals surface area contributed by atoms with Gasteiger partial charge in [0.15, 0.2) is 0 Å². The van der Waals surface area contributed by atoms with Crippen LogP contribution in [0, 0.1) is 0 Å². The van der Waals surface area contributed by atoms with E-state index in [-0.39, 0.29) is 0 Å². The second-order valence-corrected chi connectivity index (χ2v) is 1.98. The SMILES string of the molecule is C1=CC2=C[N]CC2=C1. The number of fused-ring (bicyclic) bond motifs is 1. The molecule has 0 N–H and O–H groups in total. The fourth-order valence-electron chi connectivity index (χ4n) is 0.983. The Kier molecular flexibility index (Phi) is 0.618. The minimum Gasteiger partial charge on any atom is -0.288 e. The summed E-state index contributed by atoms with van der Waals surface area (Å²) < 4.78 is 0. The van der Waals surface area contributed by atoms with E-state index in [0.717, 1.165) is 6.54 Å². The highest BCUT2D eigenvalue weighted by molar-refractivity contribution is 5.51. The van der Waals surface area contributed by atoms with Gasteiger partial charge in [-0.25, -0.2) is 0 Å². The third-order valence-electron chi connectivity index (χ3n) is 1.44. The molecule has 1 aliphatic carbocycles. The number of rotatable bonds is 0. The Hall–Kier alpha value is -0.980. The molecule has 0 aromatic carbocycles.